The normalized spacial score (nSPS) is 16.6. The zero-order valence-electron chi connectivity index (χ0n) is 11.6. The number of benzene rings is 1. The second-order valence-corrected chi connectivity index (χ2v) is 5.45. The van der Waals surface area contributed by atoms with Crippen molar-refractivity contribution in [3.8, 4) is 0 Å². The summed E-state index contributed by atoms with van der Waals surface area (Å²) < 4.78 is 0. The van der Waals surface area contributed by atoms with Gasteiger partial charge >= 0.3 is 0 Å². The van der Waals surface area contributed by atoms with Crippen molar-refractivity contribution < 1.29 is 0 Å². The molecule has 1 aromatic rings. The van der Waals surface area contributed by atoms with Gasteiger partial charge in [-0.3, -0.25) is 4.90 Å². The molecule has 0 aromatic heterocycles. The Hall–Kier alpha value is -0.860. The van der Waals surface area contributed by atoms with E-state index in [-0.39, 0.29) is 0 Å². The minimum absolute atomic E-state index is 0.650. The Morgan fingerprint density at radius 2 is 1.83 bits per heavy atom. The van der Waals surface area contributed by atoms with Gasteiger partial charge in [-0.2, -0.15) is 0 Å². The highest BCUT2D eigenvalue weighted by atomic mass is 15.1. The predicted molar refractivity (Wildman–Crippen MR) is 77.2 cm³/mol. The number of hydrogen-bond acceptors (Lipinski definition) is 2. The fourth-order valence-electron chi connectivity index (χ4n) is 3.02. The van der Waals surface area contributed by atoms with Crippen molar-refractivity contribution in [1.29, 1.82) is 0 Å². The summed E-state index contributed by atoms with van der Waals surface area (Å²) in [5, 5.41) is 0. The molecule has 2 rings (SSSR count). The van der Waals surface area contributed by atoms with Crippen LogP contribution in [0.3, 0.4) is 0 Å². The van der Waals surface area contributed by atoms with Gasteiger partial charge in [0.15, 0.2) is 0 Å². The second kappa shape index (κ2) is 6.91. The molecule has 1 aliphatic rings. The molecule has 2 nitrogen and oxygen atoms in total. The van der Waals surface area contributed by atoms with E-state index < -0.39 is 0 Å². The van der Waals surface area contributed by atoms with Gasteiger partial charge in [0, 0.05) is 19.6 Å². The largest absolute Gasteiger partial charge is 0.326 e. The van der Waals surface area contributed by atoms with Gasteiger partial charge in [0.05, 0.1) is 0 Å². The molecule has 1 aromatic carbocycles. The Morgan fingerprint density at radius 1 is 1.17 bits per heavy atom. The van der Waals surface area contributed by atoms with Gasteiger partial charge in [-0.15, -0.1) is 0 Å². The second-order valence-electron chi connectivity index (χ2n) is 5.45. The average molecular weight is 246 g/mol. The molecule has 0 unspecified atom stereocenters. The molecule has 1 saturated carbocycles. The van der Waals surface area contributed by atoms with Crippen LogP contribution in [0.5, 0.6) is 0 Å². The molecular weight excluding hydrogens is 220 g/mol. The van der Waals surface area contributed by atoms with Gasteiger partial charge in [-0.25, -0.2) is 0 Å². The van der Waals surface area contributed by atoms with E-state index in [4.69, 9.17) is 5.73 Å². The highest BCUT2D eigenvalue weighted by Gasteiger charge is 2.18. The van der Waals surface area contributed by atoms with Crippen LogP contribution in [-0.2, 0) is 13.1 Å². The summed E-state index contributed by atoms with van der Waals surface area (Å²) in [5.41, 5.74) is 8.51. The summed E-state index contributed by atoms with van der Waals surface area (Å²) in [7, 11) is 0. The van der Waals surface area contributed by atoms with Crippen LogP contribution in [0.15, 0.2) is 24.3 Å². The van der Waals surface area contributed by atoms with Gasteiger partial charge in [-0.1, -0.05) is 44.0 Å². The summed E-state index contributed by atoms with van der Waals surface area (Å²) in [6.45, 7) is 6.36. The molecule has 0 amide bonds. The highest BCUT2D eigenvalue weighted by molar-refractivity contribution is 5.26. The van der Waals surface area contributed by atoms with Crippen molar-refractivity contribution in [3.05, 3.63) is 35.4 Å². The van der Waals surface area contributed by atoms with E-state index >= 15 is 0 Å². The van der Waals surface area contributed by atoms with Crippen LogP contribution in [0.4, 0.5) is 0 Å². The van der Waals surface area contributed by atoms with E-state index in [1.54, 1.807) is 0 Å². The van der Waals surface area contributed by atoms with Crippen LogP contribution in [0.2, 0.25) is 0 Å². The molecule has 1 fully saturated rings. The smallest absolute Gasteiger partial charge is 0.0236 e. The number of nitrogens with zero attached hydrogens (tertiary/aromatic N) is 1. The lowest BCUT2D eigenvalue weighted by Gasteiger charge is -2.25. The quantitative estimate of drug-likeness (QED) is 0.835. The number of nitrogens with two attached hydrogens (primary N) is 1. The SMILES string of the molecule is CCN(Cc1ccccc1CN)CC1CCCC1. The molecule has 18 heavy (non-hydrogen) atoms. The Kier molecular flexibility index (Phi) is 5.21. The first-order valence-corrected chi connectivity index (χ1v) is 7.32. The molecule has 0 atom stereocenters. The Bertz CT molecular complexity index is 356. The predicted octanol–water partition coefficient (Wildman–Crippen LogP) is 3.16. The third-order valence-electron chi connectivity index (χ3n) is 4.17. The molecule has 0 bridgehead atoms. The van der Waals surface area contributed by atoms with Gasteiger partial charge in [0.25, 0.3) is 0 Å². The molecule has 0 aliphatic heterocycles. The molecule has 100 valence electrons. The standard InChI is InChI=1S/C16H26N2/c1-2-18(12-14-7-3-4-8-14)13-16-10-6-5-9-15(16)11-17/h5-6,9-10,14H,2-4,7-8,11-13,17H2,1H3. The number of rotatable bonds is 6. The van der Waals surface area contributed by atoms with Crippen molar-refractivity contribution in [2.75, 3.05) is 13.1 Å². The van der Waals surface area contributed by atoms with Crippen LogP contribution in [0, 0.1) is 5.92 Å². The van der Waals surface area contributed by atoms with E-state index in [0.29, 0.717) is 6.54 Å². The van der Waals surface area contributed by atoms with Crippen LogP contribution in [0.1, 0.15) is 43.7 Å². The van der Waals surface area contributed by atoms with Gasteiger partial charge in [0.2, 0.25) is 0 Å². The molecule has 2 heteroatoms. The molecular formula is C16H26N2. The Morgan fingerprint density at radius 3 is 2.44 bits per heavy atom. The van der Waals surface area contributed by atoms with Crippen LogP contribution in [0.25, 0.3) is 0 Å². The van der Waals surface area contributed by atoms with E-state index in [1.165, 1.54) is 43.4 Å². The van der Waals surface area contributed by atoms with Crippen molar-refractivity contribution in [1.82, 2.24) is 4.90 Å². The third kappa shape index (κ3) is 3.56. The topological polar surface area (TPSA) is 29.3 Å². The van der Waals surface area contributed by atoms with Gasteiger partial charge < -0.3 is 5.73 Å². The van der Waals surface area contributed by atoms with E-state index in [1.807, 2.05) is 0 Å². The van der Waals surface area contributed by atoms with E-state index in [0.717, 1.165) is 19.0 Å². The van der Waals surface area contributed by atoms with Crippen molar-refractivity contribution in [2.45, 2.75) is 45.7 Å². The Labute approximate surface area is 111 Å². The summed E-state index contributed by atoms with van der Waals surface area (Å²) in [6.07, 6.45) is 5.72. The number of hydrogen-bond donors (Lipinski definition) is 1. The zero-order chi connectivity index (χ0) is 12.8. The lowest BCUT2D eigenvalue weighted by molar-refractivity contribution is 0.234. The van der Waals surface area contributed by atoms with Crippen LogP contribution in [-0.4, -0.2) is 18.0 Å². The highest BCUT2D eigenvalue weighted by Crippen LogP contribution is 2.26. The maximum absolute atomic E-state index is 5.81. The Balaban J connectivity index is 1.96. The maximum Gasteiger partial charge on any atom is 0.0236 e. The fourth-order valence-corrected chi connectivity index (χ4v) is 3.02. The fraction of sp³-hybridized carbons (Fsp3) is 0.625. The summed E-state index contributed by atoms with van der Waals surface area (Å²) in [4.78, 5) is 2.57. The zero-order valence-corrected chi connectivity index (χ0v) is 11.6. The lowest BCUT2D eigenvalue weighted by atomic mass is 10.0. The first-order chi connectivity index (χ1) is 8.83. The lowest BCUT2D eigenvalue weighted by Crippen LogP contribution is -2.28. The minimum Gasteiger partial charge on any atom is -0.326 e. The molecule has 0 heterocycles. The van der Waals surface area contributed by atoms with Gasteiger partial charge in [0.1, 0.15) is 0 Å². The van der Waals surface area contributed by atoms with E-state index in [2.05, 4.69) is 36.1 Å². The first-order valence-electron chi connectivity index (χ1n) is 7.32. The monoisotopic (exact) mass is 246 g/mol. The molecule has 0 saturated heterocycles. The summed E-state index contributed by atoms with van der Waals surface area (Å²) >= 11 is 0. The van der Waals surface area contributed by atoms with Crippen molar-refractivity contribution >= 4 is 0 Å². The molecule has 1 aliphatic carbocycles. The molecule has 2 N–H and O–H groups in total. The third-order valence-corrected chi connectivity index (χ3v) is 4.17. The average Bonchev–Trinajstić information content (AvgIpc) is 2.91. The van der Waals surface area contributed by atoms with Crippen LogP contribution >= 0.6 is 0 Å². The van der Waals surface area contributed by atoms with Gasteiger partial charge in [-0.05, 0) is 36.4 Å². The summed E-state index contributed by atoms with van der Waals surface area (Å²) in [5.74, 6) is 0.926. The van der Waals surface area contributed by atoms with Crippen molar-refractivity contribution in [3.63, 3.8) is 0 Å². The minimum atomic E-state index is 0.650. The molecule has 0 spiro atoms. The first kappa shape index (κ1) is 13.6. The maximum atomic E-state index is 5.81. The van der Waals surface area contributed by atoms with Crippen LogP contribution < -0.4 is 5.73 Å². The summed E-state index contributed by atoms with van der Waals surface area (Å²) in [6, 6.07) is 8.58. The van der Waals surface area contributed by atoms with E-state index in [9.17, 15) is 0 Å². The van der Waals surface area contributed by atoms with Crippen molar-refractivity contribution in [2.24, 2.45) is 11.7 Å². The molecule has 0 radical (unpaired) electrons.